The van der Waals surface area contributed by atoms with Gasteiger partial charge in [-0.3, -0.25) is 0 Å². The minimum Gasteiger partial charge on any atom is -0.508 e. The van der Waals surface area contributed by atoms with E-state index in [4.69, 9.17) is 5.73 Å². The molecule has 108 valence electrons. The van der Waals surface area contributed by atoms with Crippen molar-refractivity contribution in [2.24, 2.45) is 0 Å². The highest BCUT2D eigenvalue weighted by Gasteiger charge is 2.26. The number of benzene rings is 2. The Hall–Kier alpha value is -2.35. The first-order valence-corrected chi connectivity index (χ1v) is 6.43. The maximum absolute atomic E-state index is 13.9. The van der Waals surface area contributed by atoms with Gasteiger partial charge >= 0.3 is 0 Å². The topological polar surface area (TPSA) is 59.1 Å². The number of nitrogen functional groups attached to an aromatic ring is 1. The molecule has 0 amide bonds. The van der Waals surface area contributed by atoms with Crippen LogP contribution in [0, 0.1) is 23.3 Å². The van der Waals surface area contributed by atoms with Gasteiger partial charge in [-0.1, -0.05) is 0 Å². The summed E-state index contributed by atoms with van der Waals surface area (Å²) in [5.41, 5.74) is 3.15. The quantitative estimate of drug-likeness (QED) is 0.408. The molecule has 1 heterocycles. The van der Waals surface area contributed by atoms with Crippen LogP contribution in [-0.4, -0.2) is 10.1 Å². The summed E-state index contributed by atoms with van der Waals surface area (Å²) in [7, 11) is 0. The number of phenols is 1. The molecule has 0 atom stereocenters. The van der Waals surface area contributed by atoms with Gasteiger partial charge in [-0.25, -0.2) is 22.5 Å². The molecule has 0 saturated carbocycles. The highest BCUT2D eigenvalue weighted by Crippen LogP contribution is 2.37. The smallest absolute Gasteiger partial charge is 0.185 e. The first-order chi connectivity index (χ1) is 9.90. The standard InChI is InChI=1S/C13H6F4N2OS/c14-8-7(9(15)11(17)12(18)10(8)16)13-19-5-2-1-4(20)3-6(5)21-13/h1-3,20H,18H2. The molecule has 21 heavy (non-hydrogen) atoms. The Labute approximate surface area is 119 Å². The summed E-state index contributed by atoms with van der Waals surface area (Å²) in [6.45, 7) is 0. The van der Waals surface area contributed by atoms with Gasteiger partial charge < -0.3 is 10.8 Å². The van der Waals surface area contributed by atoms with Crippen LogP contribution in [0.1, 0.15) is 0 Å². The highest BCUT2D eigenvalue weighted by atomic mass is 32.1. The molecule has 3 nitrogen and oxygen atoms in total. The minimum atomic E-state index is -1.66. The SMILES string of the molecule is Nc1c(F)c(F)c(-c2nc3ccc(O)cc3s2)c(F)c1F. The summed E-state index contributed by atoms with van der Waals surface area (Å²) in [6, 6.07) is 4.09. The fourth-order valence-corrected chi connectivity index (χ4v) is 2.89. The molecule has 3 rings (SSSR count). The third-order valence-electron chi connectivity index (χ3n) is 2.88. The number of hydrogen-bond acceptors (Lipinski definition) is 4. The summed E-state index contributed by atoms with van der Waals surface area (Å²) in [5.74, 6) is -6.59. The van der Waals surface area contributed by atoms with E-state index < -0.39 is 34.5 Å². The van der Waals surface area contributed by atoms with E-state index in [-0.39, 0.29) is 10.8 Å². The van der Waals surface area contributed by atoms with E-state index in [9.17, 15) is 22.7 Å². The van der Waals surface area contributed by atoms with Crippen LogP contribution in [0.4, 0.5) is 23.2 Å². The lowest BCUT2D eigenvalue weighted by Gasteiger charge is -2.06. The molecule has 0 spiro atoms. The molecule has 2 aromatic carbocycles. The predicted molar refractivity (Wildman–Crippen MR) is 71.0 cm³/mol. The first kappa shape index (κ1) is 13.6. The average molecular weight is 314 g/mol. The maximum Gasteiger partial charge on any atom is 0.185 e. The number of fused-ring (bicyclic) bond motifs is 1. The Morgan fingerprint density at radius 3 is 2.24 bits per heavy atom. The molecule has 0 radical (unpaired) electrons. The third kappa shape index (κ3) is 1.99. The van der Waals surface area contributed by atoms with Crippen LogP contribution in [-0.2, 0) is 0 Å². The van der Waals surface area contributed by atoms with E-state index in [1.54, 1.807) is 0 Å². The molecule has 1 aromatic heterocycles. The highest BCUT2D eigenvalue weighted by molar-refractivity contribution is 7.21. The molecule has 0 aliphatic rings. The van der Waals surface area contributed by atoms with Crippen molar-refractivity contribution in [3.05, 3.63) is 41.5 Å². The molecule has 0 saturated heterocycles. The second-order valence-corrected chi connectivity index (χ2v) is 5.25. The molecule has 0 aliphatic heterocycles. The molecule has 0 bridgehead atoms. The average Bonchev–Trinajstić information content (AvgIpc) is 2.85. The number of anilines is 1. The van der Waals surface area contributed by atoms with E-state index in [0.717, 1.165) is 11.3 Å². The fraction of sp³-hybridized carbons (Fsp3) is 0. The second-order valence-electron chi connectivity index (χ2n) is 4.22. The van der Waals surface area contributed by atoms with Gasteiger partial charge in [0.2, 0.25) is 0 Å². The Kier molecular flexibility index (Phi) is 2.98. The lowest BCUT2D eigenvalue weighted by Crippen LogP contribution is -2.05. The lowest BCUT2D eigenvalue weighted by atomic mass is 10.1. The Bertz CT molecular complexity index is 849. The van der Waals surface area contributed by atoms with E-state index in [0.29, 0.717) is 10.2 Å². The van der Waals surface area contributed by atoms with Crippen molar-refractivity contribution in [2.45, 2.75) is 0 Å². The number of nitrogens with two attached hydrogens (primary N) is 1. The van der Waals surface area contributed by atoms with Crippen LogP contribution in [0.3, 0.4) is 0 Å². The van der Waals surface area contributed by atoms with Crippen molar-refractivity contribution in [3.63, 3.8) is 0 Å². The normalized spacial score (nSPS) is 11.2. The molecule has 3 N–H and O–H groups in total. The maximum atomic E-state index is 13.9. The zero-order valence-corrected chi connectivity index (χ0v) is 10.9. The minimum absolute atomic E-state index is 0.0617. The van der Waals surface area contributed by atoms with Gasteiger partial charge in [0.15, 0.2) is 23.3 Å². The predicted octanol–water partition coefficient (Wildman–Crippen LogP) is 3.81. The summed E-state index contributed by atoms with van der Waals surface area (Å²) in [4.78, 5) is 3.91. The van der Waals surface area contributed by atoms with Crippen LogP contribution in [0.5, 0.6) is 5.75 Å². The number of aromatic hydroxyl groups is 1. The van der Waals surface area contributed by atoms with Crippen molar-refractivity contribution < 1.29 is 22.7 Å². The summed E-state index contributed by atoms with van der Waals surface area (Å²) < 4.78 is 55.1. The summed E-state index contributed by atoms with van der Waals surface area (Å²) >= 11 is 0.791. The van der Waals surface area contributed by atoms with E-state index in [1.165, 1.54) is 18.2 Å². The summed E-state index contributed by atoms with van der Waals surface area (Å²) in [5, 5.41) is 9.09. The Balaban J connectivity index is 2.32. The van der Waals surface area contributed by atoms with Crippen molar-refractivity contribution in [2.75, 3.05) is 5.73 Å². The van der Waals surface area contributed by atoms with Crippen molar-refractivity contribution >= 4 is 27.2 Å². The number of rotatable bonds is 1. The number of hydrogen-bond donors (Lipinski definition) is 2. The zero-order valence-electron chi connectivity index (χ0n) is 10.1. The van der Waals surface area contributed by atoms with Gasteiger partial charge in [0.1, 0.15) is 16.4 Å². The number of aromatic nitrogens is 1. The van der Waals surface area contributed by atoms with E-state index in [1.807, 2.05) is 0 Å². The van der Waals surface area contributed by atoms with Gasteiger partial charge in [0.05, 0.1) is 15.8 Å². The largest absolute Gasteiger partial charge is 0.508 e. The first-order valence-electron chi connectivity index (χ1n) is 5.61. The van der Waals surface area contributed by atoms with Gasteiger partial charge in [-0.15, -0.1) is 11.3 Å². The van der Waals surface area contributed by atoms with Crippen LogP contribution in [0.2, 0.25) is 0 Å². The molecular formula is C13H6F4N2OS. The Morgan fingerprint density at radius 2 is 1.62 bits per heavy atom. The summed E-state index contributed by atoms with van der Waals surface area (Å²) in [6.07, 6.45) is 0. The number of thiazole rings is 1. The number of phenolic OH excluding ortho intramolecular Hbond substituents is 1. The molecule has 0 aliphatic carbocycles. The van der Waals surface area contributed by atoms with Gasteiger partial charge in [-0.2, -0.15) is 0 Å². The van der Waals surface area contributed by atoms with Crippen LogP contribution in [0.15, 0.2) is 18.2 Å². The number of halogens is 4. The van der Waals surface area contributed by atoms with Gasteiger partial charge in [-0.05, 0) is 18.2 Å². The third-order valence-corrected chi connectivity index (χ3v) is 3.92. The van der Waals surface area contributed by atoms with Crippen LogP contribution in [0.25, 0.3) is 20.8 Å². The van der Waals surface area contributed by atoms with Gasteiger partial charge in [0, 0.05) is 0 Å². The van der Waals surface area contributed by atoms with E-state index in [2.05, 4.69) is 4.98 Å². The van der Waals surface area contributed by atoms with Crippen LogP contribution < -0.4 is 5.73 Å². The fourth-order valence-electron chi connectivity index (χ4n) is 1.86. The number of nitrogens with zero attached hydrogens (tertiary/aromatic N) is 1. The van der Waals surface area contributed by atoms with Crippen molar-refractivity contribution in [1.29, 1.82) is 0 Å². The van der Waals surface area contributed by atoms with E-state index >= 15 is 0 Å². The molecule has 0 fully saturated rings. The van der Waals surface area contributed by atoms with Gasteiger partial charge in [0.25, 0.3) is 0 Å². The monoisotopic (exact) mass is 314 g/mol. The Morgan fingerprint density at radius 1 is 1.00 bits per heavy atom. The molecular weight excluding hydrogens is 308 g/mol. The van der Waals surface area contributed by atoms with Crippen LogP contribution >= 0.6 is 11.3 Å². The lowest BCUT2D eigenvalue weighted by molar-refractivity contribution is 0.464. The second kappa shape index (κ2) is 4.59. The van der Waals surface area contributed by atoms with Crippen molar-refractivity contribution in [3.8, 4) is 16.3 Å². The zero-order chi connectivity index (χ0) is 15.3. The molecule has 3 aromatic rings. The molecule has 8 heteroatoms. The molecule has 0 unspecified atom stereocenters. The van der Waals surface area contributed by atoms with Crippen molar-refractivity contribution in [1.82, 2.24) is 4.98 Å².